The van der Waals surface area contributed by atoms with Gasteiger partial charge in [0.25, 0.3) is 0 Å². The third-order valence-electron chi connectivity index (χ3n) is 19.1. The van der Waals surface area contributed by atoms with Crippen molar-refractivity contribution in [1.82, 2.24) is 21.3 Å². The van der Waals surface area contributed by atoms with Crippen LogP contribution < -0.4 is 27.0 Å². The lowest BCUT2D eigenvalue weighted by Crippen LogP contribution is -2.44. The number of amides is 3. The minimum atomic E-state index is -1.01. The topological polar surface area (TPSA) is 424 Å². The van der Waals surface area contributed by atoms with E-state index in [1.54, 1.807) is 33.2 Å². The fourth-order valence-electron chi connectivity index (χ4n) is 12.6. The predicted octanol–water partition coefficient (Wildman–Crippen LogP) is 16.2. The molecule has 30 heteroatoms. The second kappa shape index (κ2) is 58.2. The molecule has 122 heavy (non-hydrogen) atoms. The van der Waals surface area contributed by atoms with Gasteiger partial charge < -0.3 is 57.7 Å². The first-order valence-electron chi connectivity index (χ1n) is 42.7. The molecule has 3 amide bonds. The van der Waals surface area contributed by atoms with Crippen molar-refractivity contribution in [2.24, 2.45) is 96.5 Å². The number of carbonyl (C=O) groups excluding carboxylic acids is 12. The minimum absolute atomic E-state index is 0.00141. The summed E-state index contributed by atoms with van der Waals surface area (Å²) in [6.45, 7) is 64.4. The Hall–Kier alpha value is -8.02. The van der Waals surface area contributed by atoms with Crippen molar-refractivity contribution in [2.45, 2.75) is 323 Å². The zero-order valence-electron chi connectivity index (χ0n) is 81.2. The number of aliphatic hydroxyl groups excluding tert-OH is 1. The number of carboxylic acids is 1. The SMILES string of the molecule is CC(=O)OCC(CC(CO)CC(C)(C)C)C(C)(C)C.CC(=O)OCC(CC(COC(=O)CCC(=O)NN)CC(C)(C)C)C(C)(C)C.CC(=O)OCC(CC(COC(=O)CCC(=O)NNC(=O)OC(C)(C)C)CC(C)(C)C)C(C)(C)C.CC(=O)OCC(CC(COC(=O)CCC(=O)O)CC(C)(C)C)C(C)(C)C.CN(C)c1ccncc1.O=C1CCC(=O)O1. The standard InChI is InChI=1S/C25H46N2O7.C20H38N2O5.C20H36O6.C16H32O3.C7H10N2.C4H4O3/c1-17(28)32-16-19(24(5,6)7)13-18(14-23(2,3)4)15-33-21(30)12-11-20(29)26-27-22(31)34-25(8,9)10;1-14(23)26-13-16(20(5,6)7)10-15(11-19(2,3)4)12-27-18(25)9-8-17(24)22-21;1-14(21)25-13-16(20(5,6)7)10-15(11-19(2,3)4)12-26-18(24)9-8-17(22)23;1-12(18)19-11-14(16(5,6)7)8-13(10-17)9-15(2,3)4;1-9(2)7-3-5-8-6-4-7;5-3-1-2-4(6)7-3/h18-19H,11-16H2,1-10H3,(H,26,29)(H,27,31);15-16H,8-13,21H2,1-7H3,(H,22,24);15-16H,8-13H2,1-7H3,(H,22,23);13-14,17H,8-11H2,1-7H3;3-6H,1-2H3;1-2H2. The zero-order chi connectivity index (χ0) is 95.8. The third-order valence-corrected chi connectivity index (χ3v) is 19.1. The van der Waals surface area contributed by atoms with E-state index in [1.807, 2.05) is 36.6 Å². The van der Waals surface area contributed by atoms with Crippen molar-refractivity contribution in [3.63, 3.8) is 0 Å². The average Bonchev–Trinajstić information content (AvgIpc) is 1.07. The van der Waals surface area contributed by atoms with Gasteiger partial charge in [-0.2, -0.15) is 0 Å². The number of rotatable bonds is 37. The molecule has 1 aliphatic rings. The largest absolute Gasteiger partial charge is 0.481 e. The number of aliphatic carboxylic acids is 1. The van der Waals surface area contributed by atoms with Crippen LogP contribution in [0.1, 0.15) is 317 Å². The monoisotopic (exact) mass is 1740 g/mol. The number of esters is 9. The Bertz CT molecular complexity index is 3250. The van der Waals surface area contributed by atoms with Crippen LogP contribution in [0.5, 0.6) is 0 Å². The number of aromatic nitrogens is 1. The molecule has 0 bridgehead atoms. The molecule has 7 N–H and O–H groups in total. The molecule has 2 heterocycles. The van der Waals surface area contributed by atoms with Crippen LogP contribution >= 0.6 is 0 Å². The van der Waals surface area contributed by atoms with E-state index in [1.165, 1.54) is 33.4 Å². The number of nitrogens with one attached hydrogen (secondary N) is 3. The highest BCUT2D eigenvalue weighted by molar-refractivity contribution is 5.92. The van der Waals surface area contributed by atoms with E-state index in [2.05, 4.69) is 187 Å². The molecule has 2 rings (SSSR count). The molecule has 8 atom stereocenters. The first kappa shape index (κ1) is 120. The number of carboxylic acid groups (broad SMARTS) is 1. The Labute approximate surface area is 732 Å². The fraction of sp³-hybridized carbons (Fsp3) is 0.804. The van der Waals surface area contributed by atoms with Gasteiger partial charge in [-0.05, 0) is 175 Å². The maximum atomic E-state index is 12.3. The molecule has 1 aliphatic heterocycles. The van der Waals surface area contributed by atoms with Crippen LogP contribution in [0.15, 0.2) is 24.5 Å². The summed E-state index contributed by atoms with van der Waals surface area (Å²) in [6, 6.07) is 3.94. The number of nitrogens with two attached hydrogens (primary N) is 1. The molecule has 708 valence electrons. The van der Waals surface area contributed by atoms with Crippen molar-refractivity contribution in [2.75, 3.05) is 71.9 Å². The van der Waals surface area contributed by atoms with Crippen LogP contribution in [0.25, 0.3) is 0 Å². The smallest absolute Gasteiger partial charge is 0.426 e. The lowest BCUT2D eigenvalue weighted by Gasteiger charge is -2.35. The number of ether oxygens (including phenoxy) is 9. The van der Waals surface area contributed by atoms with Crippen LogP contribution in [-0.2, 0) is 100 Å². The second-order valence-electron chi connectivity index (χ2n) is 42.2. The third kappa shape index (κ3) is 73.5. The molecule has 1 fully saturated rings. The maximum Gasteiger partial charge on any atom is 0.426 e. The number of cyclic esters (lactones) is 2. The van der Waals surface area contributed by atoms with E-state index in [4.69, 9.17) is 48.8 Å². The molecular weight excluding hydrogens is 1570 g/mol. The number of carbonyl (C=O) groups is 13. The van der Waals surface area contributed by atoms with Crippen molar-refractivity contribution in [3.8, 4) is 0 Å². The first-order chi connectivity index (χ1) is 55.3. The summed E-state index contributed by atoms with van der Waals surface area (Å²) in [5.74, 6) is 1.01. The van der Waals surface area contributed by atoms with E-state index in [0.29, 0.717) is 26.4 Å². The molecule has 1 saturated heterocycles. The van der Waals surface area contributed by atoms with Gasteiger partial charge in [0, 0.05) is 79.3 Å². The molecule has 0 spiro atoms. The lowest BCUT2D eigenvalue weighted by molar-refractivity contribution is -0.152. The van der Waals surface area contributed by atoms with Gasteiger partial charge in [-0.1, -0.05) is 166 Å². The summed E-state index contributed by atoms with van der Waals surface area (Å²) in [5, 5.41) is 18.2. The van der Waals surface area contributed by atoms with Crippen LogP contribution in [0.3, 0.4) is 0 Å². The second-order valence-corrected chi connectivity index (χ2v) is 42.2. The molecule has 8 unspecified atom stereocenters. The van der Waals surface area contributed by atoms with Gasteiger partial charge in [0.1, 0.15) is 5.60 Å². The lowest BCUT2D eigenvalue weighted by atomic mass is 9.73. The zero-order valence-corrected chi connectivity index (χ0v) is 81.2. The number of nitrogens with zero attached hydrogens (tertiary/aromatic N) is 2. The van der Waals surface area contributed by atoms with Crippen molar-refractivity contribution >= 4 is 83.3 Å². The number of anilines is 1. The Morgan fingerprint density at radius 1 is 0.418 bits per heavy atom. The van der Waals surface area contributed by atoms with E-state index in [-0.39, 0.29) is 192 Å². The van der Waals surface area contributed by atoms with Gasteiger partial charge in [-0.3, -0.25) is 73.4 Å². The summed E-state index contributed by atoms with van der Waals surface area (Å²) in [7, 11) is 4.02. The summed E-state index contributed by atoms with van der Waals surface area (Å²) in [4.78, 5) is 152. The van der Waals surface area contributed by atoms with E-state index >= 15 is 0 Å². The van der Waals surface area contributed by atoms with E-state index < -0.39 is 59.3 Å². The minimum Gasteiger partial charge on any atom is -0.481 e. The van der Waals surface area contributed by atoms with E-state index in [9.17, 15) is 67.4 Å². The van der Waals surface area contributed by atoms with Crippen molar-refractivity contribution in [1.29, 1.82) is 0 Å². The van der Waals surface area contributed by atoms with Crippen molar-refractivity contribution in [3.05, 3.63) is 24.5 Å². The Balaban J connectivity index is -0.000000722. The molecular formula is C92H166N6O24. The number of pyridine rings is 1. The summed E-state index contributed by atoms with van der Waals surface area (Å²) in [5.41, 5.74) is 7.08. The molecule has 1 aromatic heterocycles. The molecule has 0 radical (unpaired) electrons. The van der Waals surface area contributed by atoms with Crippen molar-refractivity contribution < 1.29 is 115 Å². The van der Waals surface area contributed by atoms with Gasteiger partial charge >= 0.3 is 65.8 Å². The van der Waals surface area contributed by atoms with E-state index in [0.717, 1.165) is 51.4 Å². The molecule has 0 saturated carbocycles. The Morgan fingerprint density at radius 2 is 0.697 bits per heavy atom. The molecule has 0 aromatic carbocycles. The Morgan fingerprint density at radius 3 is 0.918 bits per heavy atom. The number of hydrogen-bond acceptors (Lipinski definition) is 26. The van der Waals surface area contributed by atoms with Gasteiger partial charge in [0.2, 0.25) is 11.8 Å². The number of aliphatic hydroxyl groups is 1. The highest BCUT2D eigenvalue weighted by Gasteiger charge is 2.36. The molecule has 30 nitrogen and oxygen atoms in total. The van der Waals surface area contributed by atoms with Gasteiger partial charge in [-0.15, -0.1) is 0 Å². The molecule has 0 aliphatic carbocycles. The van der Waals surface area contributed by atoms with Gasteiger partial charge in [0.15, 0.2) is 0 Å². The normalized spacial score (nSPS) is 14.4. The summed E-state index contributed by atoms with van der Waals surface area (Å²) < 4.78 is 46.3. The van der Waals surface area contributed by atoms with Gasteiger partial charge in [-0.25, -0.2) is 16.1 Å². The summed E-state index contributed by atoms with van der Waals surface area (Å²) >= 11 is 0. The molecule has 1 aromatic rings. The quantitative estimate of drug-likeness (QED) is 0.00900. The maximum absolute atomic E-state index is 12.3. The number of hydrogen-bond donors (Lipinski definition) is 6. The highest BCUT2D eigenvalue weighted by atomic mass is 16.6. The van der Waals surface area contributed by atoms with Crippen LogP contribution in [-0.4, -0.2) is 165 Å². The van der Waals surface area contributed by atoms with Crippen LogP contribution in [0.4, 0.5) is 10.5 Å². The summed E-state index contributed by atoms with van der Waals surface area (Å²) in [6.07, 6.45) is 9.46. The van der Waals surface area contributed by atoms with Gasteiger partial charge in [0.05, 0.1) is 84.8 Å². The van der Waals surface area contributed by atoms with Crippen LogP contribution in [0.2, 0.25) is 0 Å². The average molecular weight is 1740 g/mol. The predicted molar refractivity (Wildman–Crippen MR) is 471 cm³/mol. The highest BCUT2D eigenvalue weighted by Crippen LogP contribution is 2.41. The first-order valence-corrected chi connectivity index (χ1v) is 42.7. The Kier molecular flexibility index (Phi) is 57.4. The van der Waals surface area contributed by atoms with Crippen LogP contribution in [0, 0.1) is 90.7 Å². The number of hydrazine groups is 2. The fourth-order valence-corrected chi connectivity index (χ4v) is 12.6.